The number of ether oxygens (including phenoxy) is 1. The summed E-state index contributed by atoms with van der Waals surface area (Å²) in [6.45, 7) is 1.27. The van der Waals surface area contributed by atoms with E-state index in [1.165, 1.54) is 12.1 Å². The molecule has 0 bridgehead atoms. The molecule has 0 aliphatic heterocycles. The molecule has 0 saturated heterocycles. The lowest BCUT2D eigenvalue weighted by Crippen LogP contribution is -2.16. The second kappa shape index (κ2) is 9.07. The lowest BCUT2D eigenvalue weighted by atomic mass is 10.2. The smallest absolute Gasteiger partial charge is 0.387 e. The molecule has 0 spiro atoms. The molecule has 3 aromatic rings. The van der Waals surface area contributed by atoms with Crippen LogP contribution in [-0.2, 0) is 0 Å². The van der Waals surface area contributed by atoms with Gasteiger partial charge in [0.25, 0.3) is 0 Å². The second-order valence-corrected chi connectivity index (χ2v) is 6.19. The summed E-state index contributed by atoms with van der Waals surface area (Å²) in [7, 11) is 0. The predicted molar refractivity (Wildman–Crippen MR) is 105 cm³/mol. The average Bonchev–Trinajstić information content (AvgIpc) is 2.69. The van der Waals surface area contributed by atoms with Crippen LogP contribution in [0.4, 0.5) is 26.2 Å². The molecule has 2 aromatic heterocycles. The van der Waals surface area contributed by atoms with Crippen molar-refractivity contribution in [2.45, 2.75) is 32.9 Å². The lowest BCUT2D eigenvalue weighted by Gasteiger charge is -2.15. The molecule has 0 saturated carbocycles. The number of hydrogen-bond donors (Lipinski definition) is 2. The first kappa shape index (κ1) is 19.5. The minimum Gasteiger partial charge on any atom is -0.435 e. The first-order chi connectivity index (χ1) is 13.5. The van der Waals surface area contributed by atoms with Crippen LogP contribution in [0.5, 0.6) is 5.75 Å². The Kier molecular flexibility index (Phi) is 6.31. The highest BCUT2D eigenvalue weighted by Gasteiger charge is 2.10. The highest BCUT2D eigenvalue weighted by atomic mass is 19.3. The van der Waals surface area contributed by atoms with Crippen molar-refractivity contribution in [3.8, 4) is 17.0 Å². The van der Waals surface area contributed by atoms with Gasteiger partial charge in [-0.25, -0.2) is 4.98 Å². The van der Waals surface area contributed by atoms with Crippen molar-refractivity contribution in [1.82, 2.24) is 15.0 Å². The molecule has 1 atom stereocenters. The number of nitrogens with zero attached hydrogens (tertiary/aromatic N) is 3. The molecular weight excluding hydrogens is 364 g/mol. The number of pyridine rings is 1. The van der Waals surface area contributed by atoms with Gasteiger partial charge in [-0.3, -0.25) is 4.98 Å². The molecule has 28 heavy (non-hydrogen) atoms. The summed E-state index contributed by atoms with van der Waals surface area (Å²) >= 11 is 0. The van der Waals surface area contributed by atoms with Gasteiger partial charge in [0, 0.05) is 35.8 Å². The molecule has 0 amide bonds. The number of halogens is 2. The quantitative estimate of drug-likeness (QED) is 0.562. The van der Waals surface area contributed by atoms with Gasteiger partial charge in [0.15, 0.2) is 0 Å². The van der Waals surface area contributed by atoms with E-state index < -0.39 is 6.61 Å². The Morgan fingerprint density at radius 2 is 1.89 bits per heavy atom. The van der Waals surface area contributed by atoms with Crippen LogP contribution in [0.25, 0.3) is 11.3 Å². The van der Waals surface area contributed by atoms with Crippen LogP contribution in [0.2, 0.25) is 0 Å². The van der Waals surface area contributed by atoms with Crippen LogP contribution in [0.1, 0.15) is 20.3 Å². The van der Waals surface area contributed by atoms with E-state index in [0.717, 1.165) is 12.0 Å². The number of rotatable bonds is 8. The van der Waals surface area contributed by atoms with Gasteiger partial charge in [-0.15, -0.1) is 0 Å². The second-order valence-electron chi connectivity index (χ2n) is 6.19. The number of benzene rings is 1. The normalized spacial score (nSPS) is 11.9. The fourth-order valence-corrected chi connectivity index (χ4v) is 2.43. The molecule has 2 heterocycles. The number of hydrogen-bond acceptors (Lipinski definition) is 6. The van der Waals surface area contributed by atoms with Crippen LogP contribution in [0, 0.1) is 0 Å². The summed E-state index contributed by atoms with van der Waals surface area (Å²) in [6.07, 6.45) is 4.36. The zero-order valence-electron chi connectivity index (χ0n) is 15.6. The zero-order chi connectivity index (χ0) is 19.9. The Bertz CT molecular complexity index is 891. The molecule has 0 aliphatic rings. The van der Waals surface area contributed by atoms with Gasteiger partial charge in [-0.05, 0) is 49.7 Å². The van der Waals surface area contributed by atoms with E-state index in [1.807, 2.05) is 18.2 Å². The first-order valence-electron chi connectivity index (χ1n) is 8.91. The van der Waals surface area contributed by atoms with E-state index in [-0.39, 0.29) is 11.8 Å². The third kappa shape index (κ3) is 5.35. The Labute approximate surface area is 162 Å². The van der Waals surface area contributed by atoms with Gasteiger partial charge in [0.05, 0.1) is 5.69 Å². The molecule has 1 aromatic carbocycles. The lowest BCUT2D eigenvalue weighted by molar-refractivity contribution is -0.0498. The van der Waals surface area contributed by atoms with Gasteiger partial charge in [-0.1, -0.05) is 6.92 Å². The van der Waals surface area contributed by atoms with Gasteiger partial charge in [0.1, 0.15) is 11.6 Å². The molecular formula is C20H21F2N5O. The van der Waals surface area contributed by atoms with Crippen molar-refractivity contribution in [1.29, 1.82) is 0 Å². The largest absolute Gasteiger partial charge is 0.435 e. The number of anilines is 3. The summed E-state index contributed by atoms with van der Waals surface area (Å²) in [5, 5.41) is 6.44. The summed E-state index contributed by atoms with van der Waals surface area (Å²) in [5.41, 5.74) is 2.27. The van der Waals surface area contributed by atoms with E-state index in [1.54, 1.807) is 24.5 Å². The summed E-state index contributed by atoms with van der Waals surface area (Å²) < 4.78 is 28.9. The summed E-state index contributed by atoms with van der Waals surface area (Å²) in [4.78, 5) is 13.2. The topological polar surface area (TPSA) is 72.0 Å². The van der Waals surface area contributed by atoms with Crippen LogP contribution in [0.15, 0.2) is 54.9 Å². The standard InChI is InChI=1S/C20H21F2N5O/c1-3-13(2)24-20-26-17(14-5-4-10-23-12-14)11-18(27-20)25-15-6-8-16(9-7-15)28-19(21)22/h4-13,19H,3H2,1-2H3,(H2,24,25,26,27)/t13-/m1/s1. The SMILES string of the molecule is CC[C@@H](C)Nc1nc(Nc2ccc(OC(F)F)cc2)cc(-c2cccnc2)n1. The Morgan fingerprint density at radius 1 is 1.11 bits per heavy atom. The maximum absolute atomic E-state index is 12.3. The van der Waals surface area contributed by atoms with Crippen molar-refractivity contribution < 1.29 is 13.5 Å². The minimum absolute atomic E-state index is 0.0958. The Hall–Kier alpha value is -3.29. The molecule has 146 valence electrons. The zero-order valence-corrected chi connectivity index (χ0v) is 15.6. The van der Waals surface area contributed by atoms with Crippen LogP contribution < -0.4 is 15.4 Å². The molecule has 8 heteroatoms. The highest BCUT2D eigenvalue weighted by molar-refractivity contribution is 5.67. The van der Waals surface area contributed by atoms with Crippen molar-refractivity contribution in [2.75, 3.05) is 10.6 Å². The van der Waals surface area contributed by atoms with Crippen molar-refractivity contribution in [3.05, 3.63) is 54.9 Å². The number of aromatic nitrogens is 3. The van der Waals surface area contributed by atoms with Gasteiger partial charge in [0.2, 0.25) is 5.95 Å². The van der Waals surface area contributed by atoms with E-state index in [4.69, 9.17) is 0 Å². The third-order valence-electron chi connectivity index (χ3n) is 4.02. The molecule has 3 rings (SSSR count). The molecule has 0 radical (unpaired) electrons. The van der Waals surface area contributed by atoms with Crippen LogP contribution >= 0.6 is 0 Å². The maximum atomic E-state index is 12.3. The van der Waals surface area contributed by atoms with E-state index in [0.29, 0.717) is 23.1 Å². The van der Waals surface area contributed by atoms with Gasteiger partial charge >= 0.3 is 6.61 Å². The van der Waals surface area contributed by atoms with Gasteiger partial charge in [-0.2, -0.15) is 13.8 Å². The summed E-state index contributed by atoms with van der Waals surface area (Å²) in [5.74, 6) is 1.16. The first-order valence-corrected chi connectivity index (χ1v) is 8.91. The van der Waals surface area contributed by atoms with Crippen molar-refractivity contribution in [2.24, 2.45) is 0 Å². The van der Waals surface area contributed by atoms with E-state index >= 15 is 0 Å². The number of nitrogens with one attached hydrogen (secondary N) is 2. The highest BCUT2D eigenvalue weighted by Crippen LogP contribution is 2.25. The molecule has 0 fully saturated rings. The van der Waals surface area contributed by atoms with Gasteiger partial charge < -0.3 is 15.4 Å². The fourth-order valence-electron chi connectivity index (χ4n) is 2.43. The molecule has 0 aliphatic carbocycles. The predicted octanol–water partition coefficient (Wildman–Crippen LogP) is 5.09. The van der Waals surface area contributed by atoms with Crippen molar-refractivity contribution >= 4 is 17.5 Å². The third-order valence-corrected chi connectivity index (χ3v) is 4.02. The number of alkyl halides is 2. The van der Waals surface area contributed by atoms with E-state index in [2.05, 4.69) is 44.2 Å². The Morgan fingerprint density at radius 3 is 2.54 bits per heavy atom. The van der Waals surface area contributed by atoms with Crippen LogP contribution in [-0.4, -0.2) is 27.6 Å². The monoisotopic (exact) mass is 385 g/mol. The average molecular weight is 385 g/mol. The molecule has 0 unspecified atom stereocenters. The van der Waals surface area contributed by atoms with Crippen LogP contribution in [0.3, 0.4) is 0 Å². The minimum atomic E-state index is -2.85. The molecule has 2 N–H and O–H groups in total. The maximum Gasteiger partial charge on any atom is 0.387 e. The summed E-state index contributed by atoms with van der Waals surface area (Å²) in [6, 6.07) is 12.0. The molecule has 6 nitrogen and oxygen atoms in total. The van der Waals surface area contributed by atoms with E-state index in [9.17, 15) is 8.78 Å². The Balaban J connectivity index is 1.87. The fraction of sp³-hybridized carbons (Fsp3) is 0.250. The van der Waals surface area contributed by atoms with Crippen molar-refractivity contribution in [3.63, 3.8) is 0 Å².